The van der Waals surface area contributed by atoms with Crippen LogP contribution in [0.5, 0.6) is 0 Å². The van der Waals surface area contributed by atoms with Crippen LogP contribution >= 0.6 is 23.5 Å². The second kappa shape index (κ2) is 10.2. The molecule has 2 N–H and O–H groups in total. The molecule has 0 saturated carbocycles. The Kier molecular flexibility index (Phi) is 5.74. The third-order valence-corrected chi connectivity index (χ3v) is 8.79. The van der Waals surface area contributed by atoms with Gasteiger partial charge in [0.2, 0.25) is 11.5 Å². The smallest absolute Gasteiger partial charge is 0.250 e. The maximum atomic E-state index is 13.8. The van der Waals surface area contributed by atoms with Crippen LogP contribution in [-0.4, -0.2) is 36.3 Å². The number of halogens is 1. The quantitative estimate of drug-likeness (QED) is 0.260. The fourth-order valence-electron chi connectivity index (χ4n) is 4.41. The minimum absolute atomic E-state index is 0.114. The Morgan fingerprint density at radius 2 is 1.92 bits per heavy atom. The number of H-pyrrole nitrogens is 1. The van der Waals surface area contributed by atoms with Crippen LogP contribution in [-0.2, 0) is 4.74 Å². The van der Waals surface area contributed by atoms with Gasteiger partial charge in [-0.15, -0.1) is 0 Å². The van der Waals surface area contributed by atoms with Gasteiger partial charge in [0.15, 0.2) is 0 Å². The minimum atomic E-state index is -2.44. The summed E-state index contributed by atoms with van der Waals surface area (Å²) in [6, 6.07) is 18.3. The molecule has 9 heteroatoms. The molecule has 1 saturated heterocycles. The lowest BCUT2D eigenvalue weighted by atomic mass is 10.1. The third kappa shape index (κ3) is 5.12. The number of benzene rings is 2. The number of fused-ring (bicyclic) bond motifs is 2. The zero-order valence-electron chi connectivity index (χ0n) is 22.7. The number of nitrogens with one attached hydrogen (secondary N) is 2. The van der Waals surface area contributed by atoms with Crippen LogP contribution in [0.4, 0.5) is 15.8 Å². The van der Waals surface area contributed by atoms with Gasteiger partial charge in [0.05, 0.1) is 30.6 Å². The summed E-state index contributed by atoms with van der Waals surface area (Å²) in [4.78, 5) is 25.6. The number of ether oxygens (including phenoxy) is 1. The number of rotatable bonds is 5. The predicted octanol–water partition coefficient (Wildman–Crippen LogP) is 6.20. The second-order valence-corrected chi connectivity index (χ2v) is 10.8. The summed E-state index contributed by atoms with van der Waals surface area (Å²) >= 11 is 3.18. The highest BCUT2D eigenvalue weighted by Crippen LogP contribution is 2.52. The third-order valence-electron chi connectivity index (χ3n) is 6.19. The minimum Gasteiger partial charge on any atom is -0.378 e. The van der Waals surface area contributed by atoms with E-state index < -0.39 is 18.8 Å². The summed E-state index contributed by atoms with van der Waals surface area (Å²) in [5.41, 5.74) is 3.13. The lowest BCUT2D eigenvalue weighted by Crippen LogP contribution is -2.36. The van der Waals surface area contributed by atoms with Crippen molar-refractivity contribution in [2.24, 2.45) is 0 Å². The number of morpholine rings is 1. The molecule has 0 bridgehead atoms. The molecule has 4 aromatic rings. The normalized spacial score (nSPS) is 17.1. The van der Waals surface area contributed by atoms with Gasteiger partial charge in [0.25, 0.3) is 0 Å². The fraction of sp³-hybridized carbons (Fsp3) is 0.214. The summed E-state index contributed by atoms with van der Waals surface area (Å²) in [5, 5.41) is 3.05. The molecular formula is C28H25FN4O2S2. The SMILES string of the molecule is [2H]C([2H])([2H])C(Nc1ccc2c(c1)Sc1cccc(-c3cc(N4CCOCC4)cc(=O)[nH]3)c1S2)c1cccc(F)n1. The molecule has 0 amide bonds. The van der Waals surface area contributed by atoms with E-state index in [1.807, 2.05) is 42.5 Å². The number of pyridine rings is 2. The number of aromatic nitrogens is 2. The number of hydrogen-bond donors (Lipinski definition) is 2. The molecule has 2 aromatic heterocycles. The molecule has 1 atom stereocenters. The van der Waals surface area contributed by atoms with Crippen molar-refractivity contribution in [1.29, 1.82) is 0 Å². The summed E-state index contributed by atoms with van der Waals surface area (Å²) in [7, 11) is 0. The lowest BCUT2D eigenvalue weighted by molar-refractivity contribution is 0.122. The van der Waals surface area contributed by atoms with Gasteiger partial charge in [0, 0.05) is 59.8 Å². The zero-order valence-corrected chi connectivity index (χ0v) is 21.3. The average molecular weight is 536 g/mol. The number of nitrogens with zero attached hydrogens (tertiary/aromatic N) is 2. The van der Waals surface area contributed by atoms with Crippen molar-refractivity contribution in [2.75, 3.05) is 36.5 Å². The first-order valence-corrected chi connectivity index (χ1v) is 13.5. The highest BCUT2D eigenvalue weighted by Gasteiger charge is 2.22. The van der Waals surface area contributed by atoms with E-state index in [1.165, 1.54) is 18.2 Å². The van der Waals surface area contributed by atoms with Crippen LogP contribution in [0.3, 0.4) is 0 Å². The largest absolute Gasteiger partial charge is 0.378 e. The van der Waals surface area contributed by atoms with Crippen LogP contribution in [0.25, 0.3) is 11.3 Å². The standard InChI is InChI=1S/C28H25FN4O2S2/c1-17(21-5-3-7-26(29)31-21)30-18-8-9-23-25(14-18)36-24-6-2-4-20(28(24)37-23)22-15-19(16-27(34)32-22)33-10-12-35-13-11-33/h2-9,14-17,30H,10-13H2,1H3,(H,32,34)/i1D3. The van der Waals surface area contributed by atoms with Gasteiger partial charge in [-0.05, 0) is 49.3 Å². The molecule has 188 valence electrons. The van der Waals surface area contributed by atoms with Crippen molar-refractivity contribution in [3.63, 3.8) is 0 Å². The van der Waals surface area contributed by atoms with E-state index in [9.17, 15) is 9.18 Å². The molecule has 37 heavy (non-hydrogen) atoms. The van der Waals surface area contributed by atoms with Gasteiger partial charge < -0.3 is 19.9 Å². The van der Waals surface area contributed by atoms with E-state index in [0.29, 0.717) is 18.9 Å². The number of aromatic amines is 1. The maximum absolute atomic E-state index is 13.8. The fourth-order valence-corrected chi connectivity index (χ4v) is 6.82. The van der Waals surface area contributed by atoms with Crippen molar-refractivity contribution >= 4 is 34.9 Å². The topological polar surface area (TPSA) is 70.2 Å². The highest BCUT2D eigenvalue weighted by atomic mass is 32.2. The van der Waals surface area contributed by atoms with Gasteiger partial charge >= 0.3 is 0 Å². The Morgan fingerprint density at radius 1 is 1.05 bits per heavy atom. The summed E-state index contributed by atoms with van der Waals surface area (Å²) in [5.74, 6) is -0.727. The van der Waals surface area contributed by atoms with Crippen molar-refractivity contribution in [1.82, 2.24) is 9.97 Å². The van der Waals surface area contributed by atoms with Crippen molar-refractivity contribution in [3.8, 4) is 11.3 Å². The Balaban J connectivity index is 1.29. The molecule has 2 aromatic carbocycles. The molecule has 2 aliphatic heterocycles. The lowest BCUT2D eigenvalue weighted by Gasteiger charge is -2.29. The summed E-state index contributed by atoms with van der Waals surface area (Å²) in [6.45, 7) is 0.306. The van der Waals surface area contributed by atoms with E-state index in [2.05, 4.69) is 20.2 Å². The van der Waals surface area contributed by atoms with E-state index >= 15 is 0 Å². The molecule has 2 aliphatic rings. The van der Waals surface area contributed by atoms with Crippen molar-refractivity contribution < 1.29 is 13.2 Å². The van der Waals surface area contributed by atoms with Crippen LogP contribution in [0, 0.1) is 5.95 Å². The molecule has 1 fully saturated rings. The highest BCUT2D eigenvalue weighted by molar-refractivity contribution is 8.05. The summed E-state index contributed by atoms with van der Waals surface area (Å²) < 4.78 is 43.2. The molecule has 4 heterocycles. The molecule has 6 rings (SSSR count). The number of hydrogen-bond acceptors (Lipinski definition) is 7. The van der Waals surface area contributed by atoms with Crippen LogP contribution in [0.1, 0.15) is 22.7 Å². The second-order valence-electron chi connectivity index (χ2n) is 8.68. The summed E-state index contributed by atoms with van der Waals surface area (Å²) in [6.07, 6.45) is 0. The van der Waals surface area contributed by atoms with Crippen molar-refractivity contribution in [3.05, 3.63) is 88.7 Å². The van der Waals surface area contributed by atoms with Crippen LogP contribution < -0.4 is 15.8 Å². The first-order valence-electron chi connectivity index (χ1n) is 13.3. The Bertz CT molecular complexity index is 1630. The zero-order chi connectivity index (χ0) is 27.9. The van der Waals surface area contributed by atoms with E-state index in [-0.39, 0.29) is 11.3 Å². The Labute approximate surface area is 226 Å². The average Bonchev–Trinajstić information content (AvgIpc) is 2.94. The van der Waals surface area contributed by atoms with Crippen molar-refractivity contribution in [2.45, 2.75) is 32.5 Å². The molecule has 0 spiro atoms. The first-order chi connectivity index (χ1) is 19.2. The van der Waals surface area contributed by atoms with Gasteiger partial charge in [-0.25, -0.2) is 4.98 Å². The molecule has 0 radical (unpaired) electrons. The monoisotopic (exact) mass is 535 g/mol. The molecule has 1 unspecified atom stereocenters. The first kappa shape index (κ1) is 20.7. The predicted molar refractivity (Wildman–Crippen MR) is 146 cm³/mol. The Hall–Kier alpha value is -3.27. The van der Waals surface area contributed by atoms with Gasteiger partial charge in [-0.3, -0.25) is 4.79 Å². The molecule has 0 aliphatic carbocycles. The van der Waals surface area contributed by atoms with Gasteiger partial charge in [-0.2, -0.15) is 4.39 Å². The van der Waals surface area contributed by atoms with Crippen LogP contribution in [0.15, 0.2) is 91.1 Å². The Morgan fingerprint density at radius 3 is 2.76 bits per heavy atom. The van der Waals surface area contributed by atoms with Crippen LogP contribution in [0.2, 0.25) is 0 Å². The maximum Gasteiger partial charge on any atom is 0.250 e. The molecular weight excluding hydrogens is 507 g/mol. The number of anilines is 2. The van der Waals surface area contributed by atoms with E-state index in [0.717, 1.165) is 49.6 Å². The van der Waals surface area contributed by atoms with Gasteiger partial charge in [-0.1, -0.05) is 41.7 Å². The van der Waals surface area contributed by atoms with E-state index in [1.54, 1.807) is 29.6 Å². The molecule has 6 nitrogen and oxygen atoms in total. The van der Waals surface area contributed by atoms with E-state index in [4.69, 9.17) is 8.85 Å². The van der Waals surface area contributed by atoms with Gasteiger partial charge in [0.1, 0.15) is 0 Å².